The SMILES string of the molecule is Cc1cnc(-c2cccnc2)n1CC1CCN(C(=O)c2cnn(C)c2)CC1. The number of aryl methyl sites for hydroxylation is 2. The minimum Gasteiger partial charge on any atom is -0.339 e. The summed E-state index contributed by atoms with van der Waals surface area (Å²) in [5.74, 6) is 1.58. The summed E-state index contributed by atoms with van der Waals surface area (Å²) in [6, 6.07) is 3.98. The lowest BCUT2D eigenvalue weighted by Gasteiger charge is -2.32. The summed E-state index contributed by atoms with van der Waals surface area (Å²) in [5.41, 5.74) is 2.86. The third kappa shape index (κ3) is 3.63. The number of aromatic nitrogens is 5. The zero-order valence-electron chi connectivity index (χ0n) is 15.7. The maximum absolute atomic E-state index is 12.6. The van der Waals surface area contributed by atoms with E-state index in [1.807, 2.05) is 36.5 Å². The highest BCUT2D eigenvalue weighted by atomic mass is 16.2. The lowest BCUT2D eigenvalue weighted by molar-refractivity contribution is 0.0682. The molecule has 1 aliphatic heterocycles. The molecule has 0 saturated carbocycles. The van der Waals surface area contributed by atoms with Crippen molar-refractivity contribution in [3.8, 4) is 11.4 Å². The Morgan fingerprint density at radius 1 is 1.22 bits per heavy atom. The van der Waals surface area contributed by atoms with Crippen LogP contribution < -0.4 is 0 Å². The van der Waals surface area contributed by atoms with Gasteiger partial charge in [0.25, 0.3) is 5.91 Å². The molecule has 0 spiro atoms. The van der Waals surface area contributed by atoms with Gasteiger partial charge in [-0.3, -0.25) is 14.5 Å². The number of piperidine rings is 1. The van der Waals surface area contributed by atoms with Crippen LogP contribution in [0.25, 0.3) is 11.4 Å². The highest BCUT2D eigenvalue weighted by Gasteiger charge is 2.25. The number of pyridine rings is 1. The van der Waals surface area contributed by atoms with Crippen molar-refractivity contribution in [1.29, 1.82) is 0 Å². The second-order valence-electron chi connectivity index (χ2n) is 7.21. The molecule has 3 aromatic heterocycles. The average Bonchev–Trinajstić information content (AvgIpc) is 3.29. The molecule has 7 nitrogen and oxygen atoms in total. The normalized spacial score (nSPS) is 15.3. The predicted octanol–water partition coefficient (Wildman–Crippen LogP) is 2.54. The second kappa shape index (κ2) is 7.34. The largest absolute Gasteiger partial charge is 0.339 e. The molecule has 0 unspecified atom stereocenters. The van der Waals surface area contributed by atoms with Gasteiger partial charge in [-0.25, -0.2) is 4.98 Å². The minimum absolute atomic E-state index is 0.0800. The van der Waals surface area contributed by atoms with Gasteiger partial charge < -0.3 is 9.47 Å². The Labute approximate surface area is 158 Å². The van der Waals surface area contributed by atoms with Crippen LogP contribution in [0, 0.1) is 12.8 Å². The molecule has 1 saturated heterocycles. The predicted molar refractivity (Wildman–Crippen MR) is 102 cm³/mol. The van der Waals surface area contributed by atoms with Gasteiger partial charge in [0.15, 0.2) is 0 Å². The van der Waals surface area contributed by atoms with Gasteiger partial charge in [0.2, 0.25) is 0 Å². The van der Waals surface area contributed by atoms with Crippen molar-refractivity contribution >= 4 is 5.91 Å². The lowest BCUT2D eigenvalue weighted by atomic mass is 9.96. The fourth-order valence-corrected chi connectivity index (χ4v) is 3.71. The van der Waals surface area contributed by atoms with E-state index in [0.717, 1.165) is 49.6 Å². The first-order chi connectivity index (χ1) is 13.1. The average molecular weight is 364 g/mol. The highest BCUT2D eigenvalue weighted by molar-refractivity contribution is 5.93. The fourth-order valence-electron chi connectivity index (χ4n) is 3.71. The number of hydrogen-bond acceptors (Lipinski definition) is 4. The van der Waals surface area contributed by atoms with E-state index in [1.165, 1.54) is 0 Å². The monoisotopic (exact) mass is 364 g/mol. The molecule has 0 bridgehead atoms. The van der Waals surface area contributed by atoms with E-state index in [1.54, 1.807) is 23.3 Å². The van der Waals surface area contributed by atoms with E-state index in [2.05, 4.69) is 26.6 Å². The molecule has 27 heavy (non-hydrogen) atoms. The minimum atomic E-state index is 0.0800. The first kappa shape index (κ1) is 17.5. The van der Waals surface area contributed by atoms with Crippen molar-refractivity contribution in [1.82, 2.24) is 29.2 Å². The van der Waals surface area contributed by atoms with Crippen molar-refractivity contribution in [2.45, 2.75) is 26.3 Å². The standard InChI is InChI=1S/C20H24N6O/c1-15-10-22-19(17-4-3-7-21-11-17)26(15)13-16-5-8-25(9-6-16)20(27)18-12-23-24(2)14-18/h3-4,7,10-12,14,16H,5-6,8-9,13H2,1-2H3. The molecule has 7 heteroatoms. The quantitative estimate of drug-likeness (QED) is 0.713. The topological polar surface area (TPSA) is 68.8 Å². The fraction of sp³-hybridized carbons (Fsp3) is 0.400. The van der Waals surface area contributed by atoms with Crippen LogP contribution in [-0.2, 0) is 13.6 Å². The highest BCUT2D eigenvalue weighted by Crippen LogP contribution is 2.25. The van der Waals surface area contributed by atoms with Crippen molar-refractivity contribution in [2.24, 2.45) is 13.0 Å². The van der Waals surface area contributed by atoms with Gasteiger partial charge in [-0.05, 0) is 37.8 Å². The number of hydrogen-bond donors (Lipinski definition) is 0. The summed E-state index contributed by atoms with van der Waals surface area (Å²) in [6.07, 6.45) is 11.0. The first-order valence-corrected chi connectivity index (χ1v) is 9.32. The molecule has 3 aromatic rings. The summed E-state index contributed by atoms with van der Waals surface area (Å²) < 4.78 is 3.95. The van der Waals surface area contributed by atoms with E-state index in [0.29, 0.717) is 11.5 Å². The molecule has 0 atom stereocenters. The van der Waals surface area contributed by atoms with Gasteiger partial charge in [0.05, 0.1) is 11.8 Å². The van der Waals surface area contributed by atoms with Crippen molar-refractivity contribution in [3.63, 3.8) is 0 Å². The van der Waals surface area contributed by atoms with Gasteiger partial charge in [0, 0.05) is 62.7 Å². The molecule has 0 radical (unpaired) electrons. The van der Waals surface area contributed by atoms with Crippen LogP contribution in [0.1, 0.15) is 28.9 Å². The van der Waals surface area contributed by atoms with Crippen molar-refractivity contribution in [3.05, 3.63) is 54.4 Å². The zero-order valence-corrected chi connectivity index (χ0v) is 15.7. The van der Waals surface area contributed by atoms with Crippen LogP contribution in [0.3, 0.4) is 0 Å². The number of carbonyl (C=O) groups is 1. The molecule has 1 aliphatic rings. The number of carbonyl (C=O) groups excluding carboxylic acids is 1. The Kier molecular flexibility index (Phi) is 4.75. The van der Waals surface area contributed by atoms with E-state index >= 15 is 0 Å². The lowest BCUT2D eigenvalue weighted by Crippen LogP contribution is -2.39. The smallest absolute Gasteiger partial charge is 0.257 e. The Bertz CT molecular complexity index is 921. The molecule has 4 rings (SSSR count). The number of imidazole rings is 1. The Balaban J connectivity index is 1.42. The molecular weight excluding hydrogens is 340 g/mol. The Hall–Kier alpha value is -2.96. The summed E-state index contributed by atoms with van der Waals surface area (Å²) in [6.45, 7) is 4.58. The second-order valence-corrected chi connectivity index (χ2v) is 7.21. The number of nitrogens with zero attached hydrogens (tertiary/aromatic N) is 6. The van der Waals surface area contributed by atoms with Crippen LogP contribution in [0.4, 0.5) is 0 Å². The van der Waals surface area contributed by atoms with Crippen molar-refractivity contribution < 1.29 is 4.79 Å². The van der Waals surface area contributed by atoms with E-state index in [9.17, 15) is 4.79 Å². The summed E-state index contributed by atoms with van der Waals surface area (Å²) in [5, 5.41) is 4.10. The van der Waals surface area contributed by atoms with Crippen LogP contribution in [0.2, 0.25) is 0 Å². The maximum Gasteiger partial charge on any atom is 0.257 e. The molecular formula is C20H24N6O. The molecule has 1 amide bonds. The third-order valence-corrected chi connectivity index (χ3v) is 5.27. The first-order valence-electron chi connectivity index (χ1n) is 9.32. The van der Waals surface area contributed by atoms with E-state index < -0.39 is 0 Å². The van der Waals surface area contributed by atoms with Gasteiger partial charge in [-0.15, -0.1) is 0 Å². The van der Waals surface area contributed by atoms with Crippen LogP contribution in [0.5, 0.6) is 0 Å². The molecule has 0 aliphatic carbocycles. The molecule has 4 heterocycles. The summed E-state index contributed by atoms with van der Waals surface area (Å²) in [4.78, 5) is 23.3. The maximum atomic E-state index is 12.6. The van der Waals surface area contributed by atoms with E-state index in [4.69, 9.17) is 0 Å². The van der Waals surface area contributed by atoms with Crippen LogP contribution in [0.15, 0.2) is 43.1 Å². The molecule has 1 fully saturated rings. The Morgan fingerprint density at radius 3 is 2.70 bits per heavy atom. The third-order valence-electron chi connectivity index (χ3n) is 5.27. The van der Waals surface area contributed by atoms with Crippen LogP contribution >= 0.6 is 0 Å². The summed E-state index contributed by atoms with van der Waals surface area (Å²) in [7, 11) is 1.83. The van der Waals surface area contributed by atoms with Gasteiger partial charge in [0.1, 0.15) is 5.82 Å². The summed E-state index contributed by atoms with van der Waals surface area (Å²) >= 11 is 0. The Morgan fingerprint density at radius 2 is 2.04 bits per heavy atom. The number of rotatable bonds is 4. The van der Waals surface area contributed by atoms with Gasteiger partial charge in [-0.1, -0.05) is 0 Å². The molecule has 0 aromatic carbocycles. The van der Waals surface area contributed by atoms with Crippen molar-refractivity contribution in [2.75, 3.05) is 13.1 Å². The van der Waals surface area contributed by atoms with E-state index in [-0.39, 0.29) is 5.91 Å². The molecule has 0 N–H and O–H groups in total. The number of amides is 1. The number of likely N-dealkylation sites (tertiary alicyclic amines) is 1. The molecule has 140 valence electrons. The van der Waals surface area contributed by atoms with Gasteiger partial charge >= 0.3 is 0 Å². The van der Waals surface area contributed by atoms with Crippen LogP contribution in [-0.4, -0.2) is 48.2 Å². The zero-order chi connectivity index (χ0) is 18.8. The van der Waals surface area contributed by atoms with Gasteiger partial charge in [-0.2, -0.15) is 5.10 Å².